The van der Waals surface area contributed by atoms with Gasteiger partial charge in [-0.1, -0.05) is 13.3 Å². The second kappa shape index (κ2) is 6.70. The van der Waals surface area contributed by atoms with E-state index in [2.05, 4.69) is 20.6 Å². The lowest BCUT2D eigenvalue weighted by molar-refractivity contribution is 0.0841. The topological polar surface area (TPSA) is 87.1 Å². The fourth-order valence-electron chi connectivity index (χ4n) is 2.48. The van der Waals surface area contributed by atoms with E-state index in [0.29, 0.717) is 11.1 Å². The maximum Gasteiger partial charge on any atom is 0.251 e. The van der Waals surface area contributed by atoms with E-state index < -0.39 is 5.54 Å². The highest BCUT2D eigenvalue weighted by atomic mass is 16.3. The number of hydrogen-bond donors (Lipinski definition) is 3. The van der Waals surface area contributed by atoms with E-state index in [1.54, 1.807) is 19.2 Å². The Bertz CT molecular complexity index is 674. The van der Waals surface area contributed by atoms with Gasteiger partial charge in [0.05, 0.1) is 17.7 Å². The zero-order chi connectivity index (χ0) is 16.2. The quantitative estimate of drug-likeness (QED) is 0.759. The maximum absolute atomic E-state index is 12.4. The molecule has 0 saturated carbocycles. The van der Waals surface area contributed by atoms with E-state index >= 15 is 0 Å². The molecule has 6 nitrogen and oxygen atoms in total. The first-order chi connectivity index (χ1) is 10.5. The first kappa shape index (κ1) is 16.2. The molecule has 0 spiro atoms. The lowest BCUT2D eigenvalue weighted by Crippen LogP contribution is -2.48. The van der Waals surface area contributed by atoms with Gasteiger partial charge in [0.2, 0.25) is 0 Å². The predicted octanol–water partition coefficient (Wildman–Crippen LogP) is 1.95. The number of nitrogens with one attached hydrogen (secondary N) is 2. The van der Waals surface area contributed by atoms with E-state index in [0.717, 1.165) is 24.0 Å². The van der Waals surface area contributed by atoms with Crippen molar-refractivity contribution in [3.63, 3.8) is 0 Å². The number of hydrogen-bond acceptors (Lipinski definition) is 5. The second-order valence-corrected chi connectivity index (χ2v) is 5.63. The molecular weight excluding hydrogens is 280 g/mol. The molecule has 0 aliphatic carbocycles. The number of carbonyl (C=O) groups is 1. The van der Waals surface area contributed by atoms with Crippen LogP contribution >= 0.6 is 0 Å². The monoisotopic (exact) mass is 302 g/mol. The number of aliphatic hydroxyl groups is 1. The Morgan fingerprint density at radius 2 is 2.14 bits per heavy atom. The molecule has 2 rings (SSSR count). The van der Waals surface area contributed by atoms with E-state index in [4.69, 9.17) is 0 Å². The van der Waals surface area contributed by atoms with Crippen molar-refractivity contribution in [2.45, 2.75) is 32.2 Å². The Labute approximate surface area is 130 Å². The Morgan fingerprint density at radius 3 is 2.77 bits per heavy atom. The summed E-state index contributed by atoms with van der Waals surface area (Å²) in [6, 6.07) is 5.30. The summed E-state index contributed by atoms with van der Waals surface area (Å²) in [5, 5.41) is 16.3. The van der Waals surface area contributed by atoms with Crippen LogP contribution in [0, 0.1) is 0 Å². The molecule has 0 aliphatic heterocycles. The number of amides is 1. The lowest BCUT2D eigenvalue weighted by Gasteiger charge is -2.28. The minimum absolute atomic E-state index is 0.0910. The SMILES string of the molecule is CCCC(C)(CO)NC(=O)c1ccc2c(NC)ncnc2c1. The summed E-state index contributed by atoms with van der Waals surface area (Å²) in [6.45, 7) is 3.77. The number of carbonyl (C=O) groups excluding carboxylic acids is 1. The number of benzene rings is 1. The number of aromatic nitrogens is 2. The van der Waals surface area contributed by atoms with Crippen LogP contribution in [0.3, 0.4) is 0 Å². The smallest absolute Gasteiger partial charge is 0.251 e. The van der Waals surface area contributed by atoms with Crippen molar-refractivity contribution in [3.8, 4) is 0 Å². The lowest BCUT2D eigenvalue weighted by atomic mass is 9.96. The molecular formula is C16H22N4O2. The Hall–Kier alpha value is -2.21. The van der Waals surface area contributed by atoms with Crippen LogP contribution in [0.4, 0.5) is 5.82 Å². The normalized spacial score (nSPS) is 13.6. The van der Waals surface area contributed by atoms with Crippen molar-refractivity contribution in [1.82, 2.24) is 15.3 Å². The number of rotatable bonds is 6. The molecule has 0 aliphatic rings. The Morgan fingerprint density at radius 1 is 1.36 bits per heavy atom. The first-order valence-electron chi connectivity index (χ1n) is 7.39. The predicted molar refractivity (Wildman–Crippen MR) is 86.9 cm³/mol. The first-order valence-corrected chi connectivity index (χ1v) is 7.39. The fraction of sp³-hybridized carbons (Fsp3) is 0.438. The molecule has 6 heteroatoms. The molecule has 22 heavy (non-hydrogen) atoms. The van der Waals surface area contributed by atoms with Crippen LogP contribution in [0.1, 0.15) is 37.0 Å². The van der Waals surface area contributed by atoms with Crippen LogP contribution in [0.25, 0.3) is 10.9 Å². The second-order valence-electron chi connectivity index (χ2n) is 5.63. The summed E-state index contributed by atoms with van der Waals surface area (Å²) in [5.41, 5.74) is 0.611. The molecule has 2 aromatic rings. The van der Waals surface area contributed by atoms with E-state index in [1.165, 1.54) is 6.33 Å². The highest BCUT2D eigenvalue weighted by Crippen LogP contribution is 2.20. The van der Waals surface area contributed by atoms with Gasteiger partial charge >= 0.3 is 0 Å². The van der Waals surface area contributed by atoms with E-state index in [1.807, 2.05) is 19.9 Å². The molecule has 0 fully saturated rings. The number of anilines is 1. The van der Waals surface area contributed by atoms with Gasteiger partial charge in [0.1, 0.15) is 12.1 Å². The summed E-state index contributed by atoms with van der Waals surface area (Å²) in [4.78, 5) is 20.8. The molecule has 1 atom stereocenters. The van der Waals surface area contributed by atoms with Crippen LogP contribution in [-0.2, 0) is 0 Å². The standard InChI is InChI=1S/C16H22N4O2/c1-4-7-16(2,9-21)20-15(22)11-5-6-12-13(8-11)18-10-19-14(12)17-3/h5-6,8,10,21H,4,7,9H2,1-3H3,(H,20,22)(H,17,18,19). The van der Waals surface area contributed by atoms with Crippen molar-refractivity contribution < 1.29 is 9.90 Å². The van der Waals surface area contributed by atoms with E-state index in [9.17, 15) is 9.90 Å². The molecule has 1 unspecified atom stereocenters. The zero-order valence-corrected chi connectivity index (χ0v) is 13.2. The number of aliphatic hydroxyl groups excluding tert-OH is 1. The summed E-state index contributed by atoms with van der Waals surface area (Å²) in [7, 11) is 1.79. The van der Waals surface area contributed by atoms with Gasteiger partial charge in [-0.25, -0.2) is 9.97 Å². The Balaban J connectivity index is 2.29. The highest BCUT2D eigenvalue weighted by Gasteiger charge is 2.25. The Kier molecular flexibility index (Phi) is 4.92. The summed E-state index contributed by atoms with van der Waals surface area (Å²) in [5.74, 6) is 0.514. The van der Waals surface area contributed by atoms with Gasteiger partial charge in [0, 0.05) is 18.0 Å². The molecule has 0 bridgehead atoms. The van der Waals surface area contributed by atoms with Gasteiger partial charge in [-0.15, -0.1) is 0 Å². The molecule has 0 radical (unpaired) electrons. The molecule has 118 valence electrons. The fourth-order valence-corrected chi connectivity index (χ4v) is 2.48. The van der Waals surface area contributed by atoms with Gasteiger partial charge in [-0.2, -0.15) is 0 Å². The molecule has 0 saturated heterocycles. The summed E-state index contributed by atoms with van der Waals surface area (Å²) >= 11 is 0. The molecule has 1 aromatic heterocycles. The largest absolute Gasteiger partial charge is 0.394 e. The molecule has 1 aromatic carbocycles. The number of nitrogens with zero attached hydrogens (tertiary/aromatic N) is 2. The number of fused-ring (bicyclic) bond motifs is 1. The van der Waals surface area contributed by atoms with Crippen molar-refractivity contribution in [2.75, 3.05) is 19.0 Å². The maximum atomic E-state index is 12.4. The minimum atomic E-state index is -0.609. The van der Waals surface area contributed by atoms with Crippen LogP contribution in [0.5, 0.6) is 0 Å². The highest BCUT2D eigenvalue weighted by molar-refractivity contribution is 5.99. The van der Waals surface area contributed by atoms with Crippen molar-refractivity contribution in [3.05, 3.63) is 30.1 Å². The molecule has 1 amide bonds. The zero-order valence-electron chi connectivity index (χ0n) is 13.2. The van der Waals surface area contributed by atoms with Crippen LogP contribution < -0.4 is 10.6 Å². The third-order valence-electron chi connectivity index (χ3n) is 3.70. The van der Waals surface area contributed by atoms with Crippen molar-refractivity contribution in [1.29, 1.82) is 0 Å². The average molecular weight is 302 g/mol. The van der Waals surface area contributed by atoms with Gasteiger partial charge in [-0.05, 0) is 31.5 Å². The van der Waals surface area contributed by atoms with Gasteiger partial charge in [-0.3, -0.25) is 4.79 Å². The van der Waals surface area contributed by atoms with Gasteiger partial charge in [0.25, 0.3) is 5.91 Å². The molecule has 3 N–H and O–H groups in total. The third-order valence-corrected chi connectivity index (χ3v) is 3.70. The van der Waals surface area contributed by atoms with Gasteiger partial charge < -0.3 is 15.7 Å². The van der Waals surface area contributed by atoms with Crippen LogP contribution in [-0.4, -0.2) is 40.2 Å². The summed E-state index contributed by atoms with van der Waals surface area (Å²) < 4.78 is 0. The summed E-state index contributed by atoms with van der Waals surface area (Å²) in [6.07, 6.45) is 3.06. The van der Waals surface area contributed by atoms with E-state index in [-0.39, 0.29) is 12.5 Å². The van der Waals surface area contributed by atoms with Gasteiger partial charge in [0.15, 0.2) is 0 Å². The van der Waals surface area contributed by atoms with Crippen molar-refractivity contribution in [2.24, 2.45) is 0 Å². The van der Waals surface area contributed by atoms with Crippen molar-refractivity contribution >= 4 is 22.6 Å². The van der Waals surface area contributed by atoms with Crippen LogP contribution in [0.2, 0.25) is 0 Å². The average Bonchev–Trinajstić information content (AvgIpc) is 2.53. The molecule has 1 heterocycles. The minimum Gasteiger partial charge on any atom is -0.394 e. The third kappa shape index (κ3) is 3.33. The van der Waals surface area contributed by atoms with Crippen LogP contribution in [0.15, 0.2) is 24.5 Å².